The summed E-state index contributed by atoms with van der Waals surface area (Å²) >= 11 is 0. The molecule has 0 unspecified atom stereocenters. The van der Waals surface area contributed by atoms with Crippen LogP contribution in [0.1, 0.15) is 31.7 Å². The Kier molecular flexibility index (Phi) is 5.43. The van der Waals surface area contributed by atoms with Gasteiger partial charge in [0.15, 0.2) is 0 Å². The molecule has 154 valence electrons. The van der Waals surface area contributed by atoms with Crippen molar-refractivity contribution in [3.05, 3.63) is 42.0 Å². The van der Waals surface area contributed by atoms with Crippen molar-refractivity contribution in [1.29, 1.82) is 0 Å². The number of rotatable bonds is 4. The van der Waals surface area contributed by atoms with E-state index in [0.29, 0.717) is 25.9 Å². The molecule has 0 N–H and O–H groups in total. The number of hydrogen-bond donors (Lipinski definition) is 0. The Bertz CT molecular complexity index is 806. The highest BCUT2D eigenvalue weighted by molar-refractivity contribution is 6.05. The smallest absolute Gasteiger partial charge is 0.233 e. The molecular formula is C23H29N3O3. The first kappa shape index (κ1) is 19.7. The monoisotopic (exact) mass is 395 g/mol. The second-order valence-electron chi connectivity index (χ2n) is 8.45. The Morgan fingerprint density at radius 3 is 2.21 bits per heavy atom. The number of imide groups is 1. The van der Waals surface area contributed by atoms with Crippen LogP contribution in [0.5, 0.6) is 0 Å². The van der Waals surface area contributed by atoms with Gasteiger partial charge in [-0.2, -0.15) is 0 Å². The summed E-state index contributed by atoms with van der Waals surface area (Å²) < 4.78 is 0. The summed E-state index contributed by atoms with van der Waals surface area (Å²) in [5.41, 5.74) is 2.41. The Labute approximate surface area is 172 Å². The normalized spacial score (nSPS) is 26.8. The van der Waals surface area contributed by atoms with Gasteiger partial charge in [-0.25, -0.2) is 0 Å². The third-order valence-corrected chi connectivity index (χ3v) is 6.49. The summed E-state index contributed by atoms with van der Waals surface area (Å²) in [6, 6.07) is 8.69. The average Bonchev–Trinajstić information content (AvgIpc) is 2.97. The molecule has 3 aliphatic rings. The lowest BCUT2D eigenvalue weighted by atomic mass is 9.85. The van der Waals surface area contributed by atoms with Gasteiger partial charge in [-0.05, 0) is 38.8 Å². The first-order valence-electron chi connectivity index (χ1n) is 10.6. The van der Waals surface area contributed by atoms with Gasteiger partial charge in [0.05, 0.1) is 11.8 Å². The molecule has 1 aliphatic carbocycles. The van der Waals surface area contributed by atoms with E-state index < -0.39 is 0 Å². The SMILES string of the molecule is Cc1ccc(N2CCN(C(=O)CCN3C(=O)[C@H]4CC=CC[C@H]4C3=O)C[C@@H]2C)cc1. The molecule has 2 aliphatic heterocycles. The molecule has 2 saturated heterocycles. The molecule has 1 aromatic carbocycles. The number of piperazine rings is 1. The molecule has 0 aromatic heterocycles. The van der Waals surface area contributed by atoms with Crippen molar-refractivity contribution in [3.63, 3.8) is 0 Å². The van der Waals surface area contributed by atoms with Crippen molar-refractivity contribution in [2.45, 2.75) is 39.2 Å². The molecule has 0 radical (unpaired) electrons. The van der Waals surface area contributed by atoms with Gasteiger partial charge >= 0.3 is 0 Å². The number of fused-ring (bicyclic) bond motifs is 1. The van der Waals surface area contributed by atoms with Crippen LogP contribution in [0.3, 0.4) is 0 Å². The Hall–Kier alpha value is -2.63. The molecule has 2 heterocycles. The Morgan fingerprint density at radius 2 is 1.62 bits per heavy atom. The summed E-state index contributed by atoms with van der Waals surface area (Å²) in [5, 5.41) is 0. The fourth-order valence-electron chi connectivity index (χ4n) is 4.76. The number of carbonyl (C=O) groups excluding carboxylic acids is 3. The Balaban J connectivity index is 1.31. The predicted octanol–water partition coefficient (Wildman–Crippen LogP) is 2.37. The van der Waals surface area contributed by atoms with Gasteiger partial charge in [0.1, 0.15) is 0 Å². The number of anilines is 1. The molecule has 0 bridgehead atoms. The van der Waals surface area contributed by atoms with E-state index in [1.54, 1.807) is 0 Å². The maximum absolute atomic E-state index is 12.8. The van der Waals surface area contributed by atoms with Crippen LogP contribution in [0.4, 0.5) is 5.69 Å². The largest absolute Gasteiger partial charge is 0.365 e. The van der Waals surface area contributed by atoms with Crippen LogP contribution < -0.4 is 4.90 Å². The van der Waals surface area contributed by atoms with Gasteiger partial charge in [-0.3, -0.25) is 19.3 Å². The summed E-state index contributed by atoms with van der Waals surface area (Å²) in [7, 11) is 0. The molecular weight excluding hydrogens is 366 g/mol. The standard InChI is InChI=1S/C23H29N3O3/c1-16-7-9-18(10-8-16)25-14-13-24(15-17(25)2)21(27)11-12-26-22(28)19-5-3-4-6-20(19)23(26)29/h3-4,7-10,17,19-20H,5-6,11-15H2,1-2H3/t17-,19-,20+/m0/s1. The third kappa shape index (κ3) is 3.80. The summed E-state index contributed by atoms with van der Waals surface area (Å²) in [5.74, 6) is -0.625. The fourth-order valence-corrected chi connectivity index (χ4v) is 4.76. The second kappa shape index (κ2) is 8.01. The van der Waals surface area contributed by atoms with Crippen molar-refractivity contribution >= 4 is 23.4 Å². The van der Waals surface area contributed by atoms with E-state index in [1.165, 1.54) is 16.2 Å². The van der Waals surface area contributed by atoms with E-state index >= 15 is 0 Å². The minimum Gasteiger partial charge on any atom is -0.365 e. The number of hydrogen-bond acceptors (Lipinski definition) is 4. The fraction of sp³-hybridized carbons (Fsp3) is 0.522. The van der Waals surface area contributed by atoms with E-state index in [1.807, 2.05) is 17.1 Å². The van der Waals surface area contributed by atoms with Crippen LogP contribution in [0, 0.1) is 18.8 Å². The molecule has 29 heavy (non-hydrogen) atoms. The molecule has 3 amide bonds. The van der Waals surface area contributed by atoms with E-state index in [0.717, 1.165) is 6.54 Å². The summed E-state index contributed by atoms with van der Waals surface area (Å²) in [4.78, 5) is 43.4. The van der Waals surface area contributed by atoms with Crippen LogP contribution in [0.2, 0.25) is 0 Å². The summed E-state index contributed by atoms with van der Waals surface area (Å²) in [6.45, 7) is 6.51. The molecule has 0 saturated carbocycles. The van der Waals surface area contributed by atoms with Crippen LogP contribution in [-0.2, 0) is 14.4 Å². The van der Waals surface area contributed by atoms with E-state index in [4.69, 9.17) is 0 Å². The van der Waals surface area contributed by atoms with Gasteiger partial charge in [0, 0.05) is 44.3 Å². The van der Waals surface area contributed by atoms with Gasteiger partial charge < -0.3 is 9.80 Å². The highest BCUT2D eigenvalue weighted by Gasteiger charge is 2.47. The topological polar surface area (TPSA) is 60.9 Å². The molecule has 3 atom stereocenters. The maximum Gasteiger partial charge on any atom is 0.233 e. The zero-order valence-electron chi connectivity index (χ0n) is 17.2. The van der Waals surface area contributed by atoms with Gasteiger partial charge in [-0.1, -0.05) is 29.8 Å². The first-order valence-corrected chi connectivity index (χ1v) is 10.6. The van der Waals surface area contributed by atoms with Gasteiger partial charge in [-0.15, -0.1) is 0 Å². The van der Waals surface area contributed by atoms with E-state index in [-0.39, 0.29) is 48.6 Å². The Morgan fingerprint density at radius 1 is 1.00 bits per heavy atom. The number of likely N-dealkylation sites (tertiary alicyclic amines) is 1. The van der Waals surface area contributed by atoms with Crippen molar-refractivity contribution < 1.29 is 14.4 Å². The quantitative estimate of drug-likeness (QED) is 0.580. The third-order valence-electron chi connectivity index (χ3n) is 6.49. The lowest BCUT2D eigenvalue weighted by molar-refractivity contribution is -0.141. The van der Waals surface area contributed by atoms with Gasteiger partial charge in [0.2, 0.25) is 17.7 Å². The highest BCUT2D eigenvalue weighted by Crippen LogP contribution is 2.35. The molecule has 0 spiro atoms. The van der Waals surface area contributed by atoms with Crippen LogP contribution in [0.25, 0.3) is 0 Å². The molecule has 2 fully saturated rings. The number of amides is 3. The maximum atomic E-state index is 12.8. The lowest BCUT2D eigenvalue weighted by Crippen LogP contribution is -2.54. The minimum absolute atomic E-state index is 0.0222. The van der Waals surface area contributed by atoms with Crippen molar-refractivity contribution in [2.75, 3.05) is 31.1 Å². The van der Waals surface area contributed by atoms with Crippen molar-refractivity contribution in [2.24, 2.45) is 11.8 Å². The first-order chi connectivity index (χ1) is 14.0. The second-order valence-corrected chi connectivity index (χ2v) is 8.45. The molecule has 6 nitrogen and oxygen atoms in total. The summed E-state index contributed by atoms with van der Waals surface area (Å²) in [6.07, 6.45) is 5.45. The molecule has 6 heteroatoms. The van der Waals surface area contributed by atoms with Crippen LogP contribution in [0.15, 0.2) is 36.4 Å². The number of allylic oxidation sites excluding steroid dienone is 2. The lowest BCUT2D eigenvalue weighted by Gasteiger charge is -2.41. The zero-order chi connectivity index (χ0) is 20.5. The minimum atomic E-state index is -0.222. The number of aryl methyl sites for hydroxylation is 1. The molecule has 4 rings (SSSR count). The number of carbonyl (C=O) groups is 3. The van der Waals surface area contributed by atoms with Crippen molar-refractivity contribution in [3.8, 4) is 0 Å². The van der Waals surface area contributed by atoms with Crippen molar-refractivity contribution in [1.82, 2.24) is 9.80 Å². The highest BCUT2D eigenvalue weighted by atomic mass is 16.2. The number of nitrogens with zero attached hydrogens (tertiary/aromatic N) is 3. The van der Waals surface area contributed by atoms with E-state index in [2.05, 4.69) is 43.0 Å². The predicted molar refractivity (Wildman–Crippen MR) is 111 cm³/mol. The molecule has 1 aromatic rings. The zero-order valence-corrected chi connectivity index (χ0v) is 17.2. The van der Waals surface area contributed by atoms with Gasteiger partial charge in [0.25, 0.3) is 0 Å². The van der Waals surface area contributed by atoms with E-state index in [9.17, 15) is 14.4 Å². The number of benzene rings is 1. The average molecular weight is 396 g/mol. The van der Waals surface area contributed by atoms with Crippen LogP contribution >= 0.6 is 0 Å². The van der Waals surface area contributed by atoms with Crippen LogP contribution in [-0.4, -0.2) is 59.7 Å².